The number of thiophene rings is 2. The number of carbonyl (C=O) groups is 1. The Balaban J connectivity index is 1.98. The summed E-state index contributed by atoms with van der Waals surface area (Å²) in [5, 5.41) is 6.07. The molecule has 0 spiro atoms. The number of urea groups is 1. The van der Waals surface area contributed by atoms with Crippen LogP contribution in [0.2, 0.25) is 0 Å². The van der Waals surface area contributed by atoms with Gasteiger partial charge in [-0.3, -0.25) is 0 Å². The molecule has 2 N–H and O–H groups in total. The molecule has 3 nitrogen and oxygen atoms in total. The van der Waals surface area contributed by atoms with Crippen molar-refractivity contribution in [3.05, 3.63) is 42.8 Å². The van der Waals surface area contributed by atoms with E-state index in [4.69, 9.17) is 0 Å². The Hall–Kier alpha value is -1.33. The van der Waals surface area contributed by atoms with Gasteiger partial charge in [-0.15, -0.1) is 22.7 Å². The predicted octanol–water partition coefficient (Wildman–Crippen LogP) is 5.16. The molecule has 0 aliphatic heterocycles. The molecular formula is C17H24N2OS2. The molecule has 0 saturated heterocycles. The number of rotatable bonds is 4. The molecule has 0 aliphatic rings. The average Bonchev–Trinajstić information content (AvgIpc) is 2.91. The van der Waals surface area contributed by atoms with Crippen molar-refractivity contribution < 1.29 is 4.79 Å². The lowest BCUT2D eigenvalue weighted by Gasteiger charge is -2.18. The highest BCUT2D eigenvalue weighted by Gasteiger charge is 2.17. The monoisotopic (exact) mass is 336 g/mol. The van der Waals surface area contributed by atoms with Crippen LogP contribution in [0.3, 0.4) is 0 Å². The summed E-state index contributed by atoms with van der Waals surface area (Å²) in [4.78, 5) is 17.3. The van der Waals surface area contributed by atoms with E-state index >= 15 is 0 Å². The molecule has 0 bridgehead atoms. The van der Waals surface area contributed by atoms with Gasteiger partial charge in [0.25, 0.3) is 0 Å². The van der Waals surface area contributed by atoms with Crippen LogP contribution in [0.5, 0.6) is 0 Å². The Labute approximate surface area is 140 Å². The van der Waals surface area contributed by atoms with Gasteiger partial charge in [0, 0.05) is 19.5 Å². The van der Waals surface area contributed by atoms with Gasteiger partial charge in [0.05, 0.1) is 12.1 Å². The van der Waals surface area contributed by atoms with E-state index in [2.05, 4.69) is 50.5 Å². The lowest BCUT2D eigenvalue weighted by Crippen LogP contribution is -2.38. The molecule has 2 heterocycles. The van der Waals surface area contributed by atoms with Gasteiger partial charge in [0.15, 0.2) is 0 Å². The third kappa shape index (κ3) is 3.90. The fourth-order valence-corrected chi connectivity index (χ4v) is 4.80. The summed E-state index contributed by atoms with van der Waals surface area (Å²) in [5.74, 6) is 0. The Morgan fingerprint density at radius 3 is 1.50 bits per heavy atom. The van der Waals surface area contributed by atoms with E-state index in [1.807, 2.05) is 13.8 Å². The smallest absolute Gasteiger partial charge is 0.315 e. The van der Waals surface area contributed by atoms with Crippen LogP contribution in [0, 0.1) is 27.7 Å². The maximum atomic E-state index is 12.2. The molecule has 0 saturated carbocycles. The molecule has 0 fully saturated rings. The van der Waals surface area contributed by atoms with Crippen molar-refractivity contribution in [2.75, 3.05) is 0 Å². The van der Waals surface area contributed by atoms with Crippen molar-refractivity contribution >= 4 is 28.7 Å². The normalized spacial score (nSPS) is 13.7. The highest BCUT2D eigenvalue weighted by atomic mass is 32.1. The maximum Gasteiger partial charge on any atom is 0.315 e. The molecule has 2 aromatic heterocycles. The van der Waals surface area contributed by atoms with Gasteiger partial charge in [0.1, 0.15) is 0 Å². The van der Waals surface area contributed by atoms with Gasteiger partial charge in [0.2, 0.25) is 0 Å². The van der Waals surface area contributed by atoms with E-state index in [-0.39, 0.29) is 18.1 Å². The first-order valence-corrected chi connectivity index (χ1v) is 9.12. The van der Waals surface area contributed by atoms with Gasteiger partial charge in [-0.05, 0) is 64.8 Å². The zero-order valence-corrected chi connectivity index (χ0v) is 15.7. The van der Waals surface area contributed by atoms with Crippen LogP contribution >= 0.6 is 22.7 Å². The molecule has 2 rings (SSSR count). The minimum absolute atomic E-state index is 0.0162. The molecule has 0 radical (unpaired) electrons. The zero-order valence-electron chi connectivity index (χ0n) is 14.0. The number of nitrogens with one attached hydrogen (secondary N) is 2. The van der Waals surface area contributed by atoms with E-state index in [0.29, 0.717) is 0 Å². The summed E-state index contributed by atoms with van der Waals surface area (Å²) in [6, 6.07) is 4.22. The summed E-state index contributed by atoms with van der Waals surface area (Å²) in [6.07, 6.45) is 0. The van der Waals surface area contributed by atoms with Crippen molar-refractivity contribution in [2.45, 2.75) is 53.6 Å². The number of amides is 2. The standard InChI is InChI=1S/C17H24N2OS2/c1-9-7-15(13(5)21-9)11(3)18-17(20)19-12(4)16-8-10(2)22-14(16)6/h7-8,11-12H,1-6H3,(H2,18,19,20)/t11-,12+. The van der Waals surface area contributed by atoms with E-state index in [0.717, 1.165) is 0 Å². The quantitative estimate of drug-likeness (QED) is 0.795. The fraction of sp³-hybridized carbons (Fsp3) is 0.471. The fourth-order valence-electron chi connectivity index (χ4n) is 2.75. The first-order chi connectivity index (χ1) is 10.3. The summed E-state index contributed by atoms with van der Waals surface area (Å²) in [6.45, 7) is 12.4. The van der Waals surface area contributed by atoms with Crippen molar-refractivity contribution in [1.82, 2.24) is 10.6 Å². The number of aryl methyl sites for hydroxylation is 4. The van der Waals surface area contributed by atoms with Gasteiger partial charge in [-0.25, -0.2) is 4.79 Å². The molecule has 2 aromatic rings. The van der Waals surface area contributed by atoms with Crippen LogP contribution in [0.4, 0.5) is 4.79 Å². The van der Waals surface area contributed by atoms with Gasteiger partial charge < -0.3 is 10.6 Å². The molecule has 22 heavy (non-hydrogen) atoms. The minimum Gasteiger partial charge on any atom is -0.332 e. The van der Waals surface area contributed by atoms with Crippen molar-refractivity contribution in [2.24, 2.45) is 0 Å². The summed E-state index contributed by atoms with van der Waals surface area (Å²) in [5.41, 5.74) is 2.40. The maximum absolute atomic E-state index is 12.2. The Morgan fingerprint density at radius 1 is 0.864 bits per heavy atom. The first-order valence-electron chi connectivity index (χ1n) is 7.48. The van der Waals surface area contributed by atoms with E-state index in [1.165, 1.54) is 30.6 Å². The lowest BCUT2D eigenvalue weighted by molar-refractivity contribution is 0.235. The van der Waals surface area contributed by atoms with Crippen LogP contribution < -0.4 is 10.6 Å². The predicted molar refractivity (Wildman–Crippen MR) is 96.1 cm³/mol. The second-order valence-corrected chi connectivity index (χ2v) is 8.72. The highest BCUT2D eigenvalue weighted by Crippen LogP contribution is 2.27. The van der Waals surface area contributed by atoms with Crippen molar-refractivity contribution in [1.29, 1.82) is 0 Å². The van der Waals surface area contributed by atoms with Gasteiger partial charge in [-0.2, -0.15) is 0 Å². The van der Waals surface area contributed by atoms with Crippen molar-refractivity contribution in [3.8, 4) is 0 Å². The summed E-state index contributed by atoms with van der Waals surface area (Å²) >= 11 is 3.54. The Bertz CT molecular complexity index is 616. The summed E-state index contributed by atoms with van der Waals surface area (Å²) < 4.78 is 0. The SMILES string of the molecule is Cc1cc([C@H](C)NC(=O)N[C@H](C)c2cc(C)sc2C)c(C)s1. The van der Waals surface area contributed by atoms with E-state index in [9.17, 15) is 4.79 Å². The number of carbonyl (C=O) groups excluding carboxylic acids is 1. The molecule has 0 aliphatic carbocycles. The molecule has 120 valence electrons. The van der Waals surface area contributed by atoms with E-state index in [1.54, 1.807) is 22.7 Å². The third-order valence-electron chi connectivity index (χ3n) is 3.79. The molecule has 2 amide bonds. The summed E-state index contributed by atoms with van der Waals surface area (Å²) in [7, 11) is 0. The average molecular weight is 337 g/mol. The molecule has 0 aromatic carbocycles. The number of hydrogen-bond donors (Lipinski definition) is 2. The molecule has 2 atom stereocenters. The zero-order chi connectivity index (χ0) is 16.4. The minimum atomic E-state index is -0.119. The Morgan fingerprint density at radius 2 is 1.23 bits per heavy atom. The second-order valence-electron chi connectivity index (χ2n) is 5.80. The Kier molecular flexibility index (Phi) is 5.29. The topological polar surface area (TPSA) is 41.1 Å². The van der Waals surface area contributed by atoms with Crippen LogP contribution in [-0.2, 0) is 0 Å². The largest absolute Gasteiger partial charge is 0.332 e. The van der Waals surface area contributed by atoms with Crippen LogP contribution in [0.25, 0.3) is 0 Å². The number of hydrogen-bond acceptors (Lipinski definition) is 3. The first kappa shape index (κ1) is 17.0. The van der Waals surface area contributed by atoms with Crippen LogP contribution in [0.1, 0.15) is 56.6 Å². The molecule has 5 heteroatoms. The van der Waals surface area contributed by atoms with Crippen LogP contribution in [-0.4, -0.2) is 6.03 Å². The van der Waals surface area contributed by atoms with E-state index < -0.39 is 0 Å². The molecule has 0 unspecified atom stereocenters. The lowest BCUT2D eigenvalue weighted by atomic mass is 10.1. The third-order valence-corrected chi connectivity index (χ3v) is 5.75. The van der Waals surface area contributed by atoms with Gasteiger partial charge in [-0.1, -0.05) is 0 Å². The highest BCUT2D eigenvalue weighted by molar-refractivity contribution is 7.12. The van der Waals surface area contributed by atoms with Crippen molar-refractivity contribution in [3.63, 3.8) is 0 Å². The van der Waals surface area contributed by atoms with Crippen LogP contribution in [0.15, 0.2) is 12.1 Å². The molecular weight excluding hydrogens is 312 g/mol. The second kappa shape index (κ2) is 6.84. The van der Waals surface area contributed by atoms with Gasteiger partial charge >= 0.3 is 6.03 Å².